The second-order valence-electron chi connectivity index (χ2n) is 5.57. The zero-order chi connectivity index (χ0) is 15.9. The van der Waals surface area contributed by atoms with Crippen molar-refractivity contribution in [1.82, 2.24) is 14.1 Å². The first-order chi connectivity index (χ1) is 9.67. The summed E-state index contributed by atoms with van der Waals surface area (Å²) in [4.78, 5) is 11.5. The van der Waals surface area contributed by atoms with Gasteiger partial charge in [0.05, 0.1) is 17.3 Å². The third-order valence-electron chi connectivity index (χ3n) is 4.26. The molecular formula is C13H21N3O4S. The molecule has 0 saturated carbocycles. The molecule has 8 heteroatoms. The fraction of sp³-hybridized carbons (Fsp3) is 0.692. The lowest BCUT2D eigenvalue weighted by Crippen LogP contribution is -2.49. The van der Waals surface area contributed by atoms with E-state index in [0.29, 0.717) is 30.8 Å². The monoisotopic (exact) mass is 315 g/mol. The van der Waals surface area contributed by atoms with Crippen molar-refractivity contribution in [1.29, 1.82) is 0 Å². The highest BCUT2D eigenvalue weighted by Crippen LogP contribution is 2.31. The van der Waals surface area contributed by atoms with E-state index >= 15 is 0 Å². The molecule has 21 heavy (non-hydrogen) atoms. The van der Waals surface area contributed by atoms with E-state index in [1.54, 1.807) is 27.8 Å². The number of aryl methyl sites for hydroxylation is 2. The molecule has 1 aromatic rings. The van der Waals surface area contributed by atoms with Gasteiger partial charge in [0.2, 0.25) is 10.0 Å². The Labute approximate surface area is 124 Å². The number of hydrogen-bond acceptors (Lipinski definition) is 4. The minimum Gasteiger partial charge on any atom is -0.481 e. The first-order valence-electron chi connectivity index (χ1n) is 6.92. The van der Waals surface area contributed by atoms with Crippen LogP contribution in [0.1, 0.15) is 31.2 Å². The Morgan fingerprint density at radius 2 is 2.00 bits per heavy atom. The number of aliphatic carboxylic acids is 1. The molecule has 1 aromatic heterocycles. The van der Waals surface area contributed by atoms with Crippen LogP contribution >= 0.6 is 0 Å². The minimum atomic E-state index is -3.73. The van der Waals surface area contributed by atoms with E-state index in [1.165, 1.54) is 8.99 Å². The highest BCUT2D eigenvalue weighted by Gasteiger charge is 2.41. The van der Waals surface area contributed by atoms with Crippen molar-refractivity contribution in [3.8, 4) is 0 Å². The van der Waals surface area contributed by atoms with E-state index in [0.717, 1.165) is 0 Å². The molecule has 2 rings (SSSR count). The zero-order valence-corrected chi connectivity index (χ0v) is 13.5. The summed E-state index contributed by atoms with van der Waals surface area (Å²) in [7, 11) is -2.04. The number of carboxylic acids is 1. The van der Waals surface area contributed by atoms with E-state index in [9.17, 15) is 18.3 Å². The second kappa shape index (κ2) is 5.42. The summed E-state index contributed by atoms with van der Waals surface area (Å²) in [5, 5.41) is 13.4. The Morgan fingerprint density at radius 1 is 1.38 bits per heavy atom. The number of nitrogens with zero attached hydrogens (tertiary/aromatic N) is 3. The molecule has 7 nitrogen and oxygen atoms in total. The van der Waals surface area contributed by atoms with Crippen molar-refractivity contribution in [2.24, 2.45) is 13.0 Å². The van der Waals surface area contributed by atoms with E-state index in [-0.39, 0.29) is 4.90 Å². The quantitative estimate of drug-likeness (QED) is 0.895. The van der Waals surface area contributed by atoms with E-state index in [4.69, 9.17) is 0 Å². The van der Waals surface area contributed by atoms with Gasteiger partial charge >= 0.3 is 5.97 Å². The number of carbonyl (C=O) groups is 1. The first-order valence-corrected chi connectivity index (χ1v) is 8.36. The fourth-order valence-electron chi connectivity index (χ4n) is 3.03. The summed E-state index contributed by atoms with van der Waals surface area (Å²) >= 11 is 0. The largest absolute Gasteiger partial charge is 0.481 e. The first kappa shape index (κ1) is 16.0. The van der Waals surface area contributed by atoms with Crippen LogP contribution < -0.4 is 0 Å². The average Bonchev–Trinajstić information content (AvgIpc) is 2.63. The Kier molecular flexibility index (Phi) is 4.12. The molecule has 1 saturated heterocycles. The van der Waals surface area contributed by atoms with Gasteiger partial charge in [-0.1, -0.05) is 0 Å². The summed E-state index contributed by atoms with van der Waals surface area (Å²) in [6, 6.07) is -0.555. The summed E-state index contributed by atoms with van der Waals surface area (Å²) in [6.45, 7) is 5.37. The van der Waals surface area contributed by atoms with Gasteiger partial charge in [0, 0.05) is 19.6 Å². The van der Waals surface area contributed by atoms with Crippen molar-refractivity contribution in [2.45, 2.75) is 44.6 Å². The average molecular weight is 315 g/mol. The van der Waals surface area contributed by atoms with Gasteiger partial charge in [-0.2, -0.15) is 9.40 Å². The molecule has 0 unspecified atom stereocenters. The molecule has 0 bridgehead atoms. The van der Waals surface area contributed by atoms with E-state index < -0.39 is 28.0 Å². The van der Waals surface area contributed by atoms with Crippen molar-refractivity contribution in [2.75, 3.05) is 6.54 Å². The summed E-state index contributed by atoms with van der Waals surface area (Å²) in [5.41, 5.74) is 1.01. The van der Waals surface area contributed by atoms with Gasteiger partial charge < -0.3 is 5.11 Å². The predicted octanol–water partition coefficient (Wildman–Crippen LogP) is 0.911. The van der Waals surface area contributed by atoms with Gasteiger partial charge in [0.25, 0.3) is 0 Å². The lowest BCUT2D eigenvalue weighted by Gasteiger charge is -2.36. The van der Waals surface area contributed by atoms with Gasteiger partial charge in [-0.3, -0.25) is 9.48 Å². The lowest BCUT2D eigenvalue weighted by molar-refractivity contribution is -0.144. The minimum absolute atomic E-state index is 0.197. The highest BCUT2D eigenvalue weighted by molar-refractivity contribution is 7.89. The molecule has 1 N–H and O–H groups in total. The number of aromatic nitrogens is 2. The van der Waals surface area contributed by atoms with Crippen LogP contribution in [0.25, 0.3) is 0 Å². The van der Waals surface area contributed by atoms with Crippen molar-refractivity contribution >= 4 is 16.0 Å². The number of hydrogen-bond donors (Lipinski definition) is 1. The summed E-state index contributed by atoms with van der Waals surface area (Å²) in [5.74, 6) is -1.60. The maximum atomic E-state index is 12.9. The predicted molar refractivity (Wildman–Crippen MR) is 76.4 cm³/mol. The standard InChI is InChI=1S/C13H21N3O4S/c1-8-12(10(3)15(4)14-8)21(19,20)16-7-5-6-11(9(16)2)13(17)18/h9,11H,5-7H2,1-4H3,(H,17,18)/t9-,11-/m1/s1. The molecule has 0 aromatic carbocycles. The van der Waals surface area contributed by atoms with Gasteiger partial charge in [-0.05, 0) is 33.6 Å². The van der Waals surface area contributed by atoms with Crippen molar-refractivity contribution < 1.29 is 18.3 Å². The summed E-state index contributed by atoms with van der Waals surface area (Å²) in [6.07, 6.45) is 1.06. The maximum Gasteiger partial charge on any atom is 0.308 e. The molecule has 1 aliphatic heterocycles. The van der Waals surface area contributed by atoms with Crippen molar-refractivity contribution in [3.05, 3.63) is 11.4 Å². The van der Waals surface area contributed by atoms with Gasteiger partial charge in [0.1, 0.15) is 4.90 Å². The van der Waals surface area contributed by atoms with Crippen LogP contribution in [0.3, 0.4) is 0 Å². The third-order valence-corrected chi connectivity index (χ3v) is 6.50. The summed E-state index contributed by atoms with van der Waals surface area (Å²) < 4.78 is 28.6. The van der Waals surface area contributed by atoms with Crippen LogP contribution in [0.15, 0.2) is 4.90 Å². The number of piperidine rings is 1. The van der Waals surface area contributed by atoms with E-state index in [2.05, 4.69) is 5.10 Å². The topological polar surface area (TPSA) is 92.5 Å². The third kappa shape index (κ3) is 2.57. The highest BCUT2D eigenvalue weighted by atomic mass is 32.2. The van der Waals surface area contributed by atoms with Crippen LogP contribution in [0.5, 0.6) is 0 Å². The molecular weight excluding hydrogens is 294 g/mol. The van der Waals surface area contributed by atoms with Crippen LogP contribution in [-0.2, 0) is 21.9 Å². The van der Waals surface area contributed by atoms with Gasteiger partial charge in [0.15, 0.2) is 0 Å². The van der Waals surface area contributed by atoms with Crippen molar-refractivity contribution in [3.63, 3.8) is 0 Å². The van der Waals surface area contributed by atoms with E-state index in [1.807, 2.05) is 0 Å². The number of carboxylic acid groups (broad SMARTS) is 1. The molecule has 0 amide bonds. The molecule has 2 heterocycles. The SMILES string of the molecule is Cc1nn(C)c(C)c1S(=O)(=O)N1CCC[C@@H](C(=O)O)[C@H]1C. The Bertz CT molecular complexity index is 665. The van der Waals surface area contributed by atoms with Gasteiger partial charge in [-0.25, -0.2) is 8.42 Å². The molecule has 0 radical (unpaired) electrons. The second-order valence-corrected chi connectivity index (χ2v) is 7.39. The molecule has 0 aliphatic carbocycles. The maximum absolute atomic E-state index is 12.9. The fourth-order valence-corrected chi connectivity index (χ4v) is 5.13. The van der Waals surface area contributed by atoms with Crippen LogP contribution in [-0.4, -0.2) is 46.2 Å². The van der Waals surface area contributed by atoms with Crippen LogP contribution in [0.2, 0.25) is 0 Å². The Morgan fingerprint density at radius 3 is 2.48 bits per heavy atom. The number of sulfonamides is 1. The molecule has 1 fully saturated rings. The Hall–Kier alpha value is -1.41. The zero-order valence-electron chi connectivity index (χ0n) is 12.7. The molecule has 118 valence electrons. The lowest BCUT2D eigenvalue weighted by atomic mass is 9.92. The number of rotatable bonds is 3. The normalized spacial score (nSPS) is 24.2. The Balaban J connectivity index is 2.46. The van der Waals surface area contributed by atoms with Crippen LogP contribution in [0.4, 0.5) is 0 Å². The van der Waals surface area contributed by atoms with Crippen LogP contribution in [0, 0.1) is 19.8 Å². The van der Waals surface area contributed by atoms with Gasteiger partial charge in [-0.15, -0.1) is 0 Å². The molecule has 1 aliphatic rings. The smallest absolute Gasteiger partial charge is 0.308 e. The molecule has 0 spiro atoms. The molecule has 2 atom stereocenters.